The maximum Gasteiger partial charge on any atom is 0.194 e. The Kier molecular flexibility index (Phi) is 3.41. The van der Waals surface area contributed by atoms with Crippen molar-refractivity contribution in [3.05, 3.63) is 17.3 Å². The van der Waals surface area contributed by atoms with E-state index in [0.29, 0.717) is 6.54 Å². The standard InChI is InChI=1S/C12H20N2O/c1-9-11(8-13)14-12(15-9)7-10-5-3-2-4-6-10/h10H,2-8,13H2,1H3. The van der Waals surface area contributed by atoms with Gasteiger partial charge in [0.2, 0.25) is 0 Å². The molecule has 0 radical (unpaired) electrons. The zero-order valence-corrected chi connectivity index (χ0v) is 9.46. The summed E-state index contributed by atoms with van der Waals surface area (Å²) >= 11 is 0. The number of hydrogen-bond donors (Lipinski definition) is 1. The molecule has 0 bridgehead atoms. The van der Waals surface area contributed by atoms with Crippen molar-refractivity contribution >= 4 is 0 Å². The summed E-state index contributed by atoms with van der Waals surface area (Å²) in [6.45, 7) is 2.43. The van der Waals surface area contributed by atoms with Crippen LogP contribution in [0.15, 0.2) is 4.42 Å². The summed E-state index contributed by atoms with van der Waals surface area (Å²) in [5, 5.41) is 0. The molecule has 1 fully saturated rings. The smallest absolute Gasteiger partial charge is 0.194 e. The van der Waals surface area contributed by atoms with Crippen LogP contribution < -0.4 is 5.73 Å². The number of aryl methyl sites for hydroxylation is 1. The van der Waals surface area contributed by atoms with Crippen molar-refractivity contribution in [3.8, 4) is 0 Å². The molecule has 1 aromatic heterocycles. The summed E-state index contributed by atoms with van der Waals surface area (Å²) in [6, 6.07) is 0. The van der Waals surface area contributed by atoms with Gasteiger partial charge in [0.05, 0.1) is 5.69 Å². The summed E-state index contributed by atoms with van der Waals surface area (Å²) in [7, 11) is 0. The maximum absolute atomic E-state index is 5.62. The quantitative estimate of drug-likeness (QED) is 0.830. The minimum absolute atomic E-state index is 0.486. The zero-order valence-electron chi connectivity index (χ0n) is 9.46. The summed E-state index contributed by atoms with van der Waals surface area (Å²) in [4.78, 5) is 4.43. The van der Waals surface area contributed by atoms with Crippen molar-refractivity contribution in [1.82, 2.24) is 4.98 Å². The number of nitrogens with two attached hydrogens (primary N) is 1. The Morgan fingerprint density at radius 3 is 2.67 bits per heavy atom. The molecular formula is C12H20N2O. The van der Waals surface area contributed by atoms with Gasteiger partial charge in [-0.15, -0.1) is 0 Å². The molecule has 0 atom stereocenters. The second-order valence-corrected chi connectivity index (χ2v) is 4.52. The highest BCUT2D eigenvalue weighted by molar-refractivity contribution is 5.07. The van der Waals surface area contributed by atoms with E-state index >= 15 is 0 Å². The van der Waals surface area contributed by atoms with Crippen molar-refractivity contribution in [3.63, 3.8) is 0 Å². The molecule has 0 aliphatic heterocycles. The first kappa shape index (κ1) is 10.7. The number of rotatable bonds is 3. The van der Waals surface area contributed by atoms with Crippen LogP contribution >= 0.6 is 0 Å². The molecule has 1 saturated carbocycles. The lowest BCUT2D eigenvalue weighted by atomic mass is 9.87. The van der Waals surface area contributed by atoms with E-state index < -0.39 is 0 Å². The van der Waals surface area contributed by atoms with Gasteiger partial charge in [-0.2, -0.15) is 0 Å². The van der Waals surface area contributed by atoms with Crippen LogP contribution in [-0.2, 0) is 13.0 Å². The van der Waals surface area contributed by atoms with E-state index in [2.05, 4.69) is 4.98 Å². The fourth-order valence-corrected chi connectivity index (χ4v) is 2.40. The Balaban J connectivity index is 1.97. The zero-order chi connectivity index (χ0) is 10.7. The highest BCUT2D eigenvalue weighted by atomic mass is 16.4. The maximum atomic E-state index is 5.62. The van der Waals surface area contributed by atoms with Gasteiger partial charge < -0.3 is 10.2 Å². The molecule has 0 spiro atoms. The van der Waals surface area contributed by atoms with E-state index in [0.717, 1.165) is 29.7 Å². The van der Waals surface area contributed by atoms with Crippen molar-refractivity contribution in [1.29, 1.82) is 0 Å². The van der Waals surface area contributed by atoms with Crippen LogP contribution in [0.1, 0.15) is 49.4 Å². The average Bonchev–Trinajstić information content (AvgIpc) is 2.60. The van der Waals surface area contributed by atoms with E-state index in [9.17, 15) is 0 Å². The van der Waals surface area contributed by atoms with Crippen LogP contribution in [0.3, 0.4) is 0 Å². The molecule has 0 unspecified atom stereocenters. The summed E-state index contributed by atoms with van der Waals surface area (Å²) in [5.41, 5.74) is 6.49. The summed E-state index contributed by atoms with van der Waals surface area (Å²) in [5.74, 6) is 2.56. The Morgan fingerprint density at radius 1 is 1.33 bits per heavy atom. The normalized spacial score (nSPS) is 18.3. The summed E-state index contributed by atoms with van der Waals surface area (Å²) < 4.78 is 5.62. The van der Waals surface area contributed by atoms with Crippen LogP contribution in [0.2, 0.25) is 0 Å². The molecule has 1 aliphatic carbocycles. The van der Waals surface area contributed by atoms with Gasteiger partial charge in [-0.05, 0) is 25.7 Å². The van der Waals surface area contributed by atoms with Gasteiger partial charge in [0, 0.05) is 13.0 Å². The fraction of sp³-hybridized carbons (Fsp3) is 0.750. The monoisotopic (exact) mass is 208 g/mol. The molecule has 84 valence electrons. The van der Waals surface area contributed by atoms with E-state index in [4.69, 9.17) is 10.2 Å². The Bertz CT molecular complexity index is 313. The van der Waals surface area contributed by atoms with Gasteiger partial charge in [0.1, 0.15) is 5.76 Å². The van der Waals surface area contributed by atoms with Gasteiger partial charge in [0.15, 0.2) is 5.89 Å². The van der Waals surface area contributed by atoms with E-state index in [1.165, 1.54) is 32.1 Å². The van der Waals surface area contributed by atoms with Crippen LogP contribution in [0, 0.1) is 12.8 Å². The number of oxazole rings is 1. The first-order valence-electron chi connectivity index (χ1n) is 5.95. The molecule has 3 heteroatoms. The lowest BCUT2D eigenvalue weighted by Crippen LogP contribution is -2.09. The second-order valence-electron chi connectivity index (χ2n) is 4.52. The molecule has 15 heavy (non-hydrogen) atoms. The molecule has 2 rings (SSSR count). The third-order valence-electron chi connectivity index (χ3n) is 3.32. The van der Waals surface area contributed by atoms with E-state index in [1.807, 2.05) is 6.92 Å². The van der Waals surface area contributed by atoms with Crippen LogP contribution in [0.4, 0.5) is 0 Å². The van der Waals surface area contributed by atoms with Crippen molar-refractivity contribution in [2.75, 3.05) is 0 Å². The molecule has 3 nitrogen and oxygen atoms in total. The third kappa shape index (κ3) is 2.59. The highest BCUT2D eigenvalue weighted by Gasteiger charge is 2.17. The largest absolute Gasteiger partial charge is 0.446 e. The molecule has 1 aromatic rings. The predicted molar refractivity (Wildman–Crippen MR) is 59.4 cm³/mol. The van der Waals surface area contributed by atoms with Crippen LogP contribution in [0.5, 0.6) is 0 Å². The van der Waals surface area contributed by atoms with Crippen molar-refractivity contribution < 1.29 is 4.42 Å². The van der Waals surface area contributed by atoms with E-state index in [1.54, 1.807) is 0 Å². The highest BCUT2D eigenvalue weighted by Crippen LogP contribution is 2.27. The number of hydrogen-bond acceptors (Lipinski definition) is 3. The predicted octanol–water partition coefficient (Wildman–Crippen LogP) is 2.56. The van der Waals surface area contributed by atoms with Gasteiger partial charge in [-0.25, -0.2) is 4.98 Å². The Hall–Kier alpha value is -0.830. The lowest BCUT2D eigenvalue weighted by Gasteiger charge is -2.19. The number of aromatic nitrogens is 1. The molecule has 0 aromatic carbocycles. The Morgan fingerprint density at radius 2 is 2.07 bits per heavy atom. The van der Waals surface area contributed by atoms with E-state index in [-0.39, 0.29) is 0 Å². The van der Waals surface area contributed by atoms with Gasteiger partial charge in [-0.3, -0.25) is 0 Å². The summed E-state index contributed by atoms with van der Waals surface area (Å²) in [6.07, 6.45) is 7.80. The second kappa shape index (κ2) is 4.79. The minimum atomic E-state index is 0.486. The molecule has 1 heterocycles. The minimum Gasteiger partial charge on any atom is -0.446 e. The van der Waals surface area contributed by atoms with Crippen molar-refractivity contribution in [2.45, 2.75) is 52.0 Å². The van der Waals surface area contributed by atoms with Gasteiger partial charge in [0.25, 0.3) is 0 Å². The molecule has 0 amide bonds. The first-order valence-corrected chi connectivity index (χ1v) is 5.95. The first-order chi connectivity index (χ1) is 7.29. The third-order valence-corrected chi connectivity index (χ3v) is 3.32. The molecule has 1 aliphatic rings. The van der Waals surface area contributed by atoms with Gasteiger partial charge in [-0.1, -0.05) is 19.3 Å². The Labute approximate surface area is 91.1 Å². The van der Waals surface area contributed by atoms with Crippen LogP contribution in [0.25, 0.3) is 0 Å². The topological polar surface area (TPSA) is 52.0 Å². The fourth-order valence-electron chi connectivity index (χ4n) is 2.40. The SMILES string of the molecule is Cc1oc(CC2CCCCC2)nc1CN. The lowest BCUT2D eigenvalue weighted by molar-refractivity contribution is 0.326. The number of nitrogens with zero attached hydrogens (tertiary/aromatic N) is 1. The molecular weight excluding hydrogens is 188 g/mol. The van der Waals surface area contributed by atoms with Gasteiger partial charge >= 0.3 is 0 Å². The van der Waals surface area contributed by atoms with Crippen molar-refractivity contribution in [2.24, 2.45) is 11.7 Å². The average molecular weight is 208 g/mol. The molecule has 2 N–H and O–H groups in total. The van der Waals surface area contributed by atoms with Crippen LogP contribution in [-0.4, -0.2) is 4.98 Å². The molecule has 0 saturated heterocycles.